The Balaban J connectivity index is 0.000000261. The average Bonchev–Trinajstić information content (AvgIpc) is 2.67. The molecule has 1 heterocycles. The summed E-state index contributed by atoms with van der Waals surface area (Å²) in [7, 11) is 1.54. The minimum Gasteiger partial charge on any atom is -0.481 e. The standard InChI is InChI=1S/C16H16O3.C6H8N2O/c1-19-16(12-15(17)18,13-8-4-2-5-9-13)14-10-6-3-7-11-14;1-4-3-5(2)8-6(9)7-4/h2-11H,12H2,1H3,(H,17,18);3H,1-2H3,(H,7,8,9). The van der Waals surface area contributed by atoms with Gasteiger partial charge in [-0.3, -0.25) is 4.79 Å². The van der Waals surface area contributed by atoms with Gasteiger partial charge in [-0.25, -0.2) is 4.79 Å². The third-order valence-electron chi connectivity index (χ3n) is 4.24. The first-order chi connectivity index (χ1) is 13.4. The van der Waals surface area contributed by atoms with Crippen molar-refractivity contribution in [1.82, 2.24) is 9.97 Å². The molecule has 0 spiro atoms. The summed E-state index contributed by atoms with van der Waals surface area (Å²) in [5.41, 5.74) is 2.07. The first-order valence-corrected chi connectivity index (χ1v) is 8.80. The zero-order valence-electron chi connectivity index (χ0n) is 16.2. The van der Waals surface area contributed by atoms with E-state index in [9.17, 15) is 14.7 Å². The molecular weight excluding hydrogens is 356 g/mol. The molecule has 2 N–H and O–H groups in total. The van der Waals surface area contributed by atoms with E-state index in [1.54, 1.807) is 14.0 Å². The lowest BCUT2D eigenvalue weighted by molar-refractivity contribution is -0.142. The van der Waals surface area contributed by atoms with Crippen molar-refractivity contribution in [3.8, 4) is 0 Å². The van der Waals surface area contributed by atoms with Crippen LogP contribution in [0.2, 0.25) is 0 Å². The van der Waals surface area contributed by atoms with Crippen molar-refractivity contribution in [2.75, 3.05) is 7.11 Å². The number of benzene rings is 2. The highest BCUT2D eigenvalue weighted by atomic mass is 16.5. The first kappa shape index (κ1) is 21.1. The van der Waals surface area contributed by atoms with Crippen molar-refractivity contribution in [3.05, 3.63) is 99.7 Å². The van der Waals surface area contributed by atoms with Gasteiger partial charge in [0.25, 0.3) is 0 Å². The number of aromatic nitrogens is 2. The number of ether oxygens (including phenoxy) is 1. The smallest absolute Gasteiger partial charge is 0.345 e. The fraction of sp³-hybridized carbons (Fsp3) is 0.227. The van der Waals surface area contributed by atoms with Crippen LogP contribution in [0.3, 0.4) is 0 Å². The zero-order chi connectivity index (χ0) is 20.6. The lowest BCUT2D eigenvalue weighted by Crippen LogP contribution is -2.32. The maximum absolute atomic E-state index is 11.2. The van der Waals surface area contributed by atoms with Gasteiger partial charge in [-0.15, -0.1) is 0 Å². The summed E-state index contributed by atoms with van der Waals surface area (Å²) < 4.78 is 5.64. The molecule has 0 bridgehead atoms. The molecule has 0 saturated heterocycles. The molecule has 3 rings (SSSR count). The molecule has 0 radical (unpaired) electrons. The van der Waals surface area contributed by atoms with E-state index in [4.69, 9.17) is 4.74 Å². The first-order valence-electron chi connectivity index (χ1n) is 8.80. The molecule has 146 valence electrons. The largest absolute Gasteiger partial charge is 0.481 e. The summed E-state index contributed by atoms with van der Waals surface area (Å²) >= 11 is 0. The van der Waals surface area contributed by atoms with Crippen LogP contribution in [0.15, 0.2) is 71.5 Å². The number of nitrogens with one attached hydrogen (secondary N) is 1. The van der Waals surface area contributed by atoms with Crippen molar-refractivity contribution < 1.29 is 14.6 Å². The second-order valence-electron chi connectivity index (χ2n) is 6.34. The molecule has 0 aliphatic heterocycles. The van der Waals surface area contributed by atoms with Crippen molar-refractivity contribution in [2.45, 2.75) is 25.9 Å². The van der Waals surface area contributed by atoms with Gasteiger partial charge < -0.3 is 14.8 Å². The Morgan fingerprint density at radius 2 is 1.54 bits per heavy atom. The third-order valence-corrected chi connectivity index (χ3v) is 4.24. The SMILES string of the molecule is COC(CC(=O)O)(c1ccccc1)c1ccccc1.Cc1cc(C)[nH]c(=O)n1. The molecule has 0 aliphatic carbocycles. The Morgan fingerprint density at radius 3 is 1.89 bits per heavy atom. The number of aliphatic carboxylic acids is 1. The number of carboxylic acids is 1. The molecule has 6 nitrogen and oxygen atoms in total. The van der Waals surface area contributed by atoms with Crippen LogP contribution in [-0.4, -0.2) is 28.2 Å². The van der Waals surface area contributed by atoms with E-state index in [1.165, 1.54) is 0 Å². The van der Waals surface area contributed by atoms with Gasteiger partial charge in [0.05, 0.1) is 6.42 Å². The van der Waals surface area contributed by atoms with Gasteiger partial charge in [0, 0.05) is 18.5 Å². The summed E-state index contributed by atoms with van der Waals surface area (Å²) in [5, 5.41) is 9.22. The van der Waals surface area contributed by atoms with Crippen LogP contribution in [0, 0.1) is 13.8 Å². The lowest BCUT2D eigenvalue weighted by atomic mass is 9.83. The van der Waals surface area contributed by atoms with Crippen LogP contribution in [0.1, 0.15) is 28.9 Å². The molecule has 0 atom stereocenters. The molecular formula is C22H24N2O4. The average molecular weight is 380 g/mol. The number of rotatable bonds is 5. The van der Waals surface area contributed by atoms with Gasteiger partial charge in [0.15, 0.2) is 0 Å². The number of H-pyrrole nitrogens is 1. The second-order valence-corrected chi connectivity index (χ2v) is 6.34. The molecule has 28 heavy (non-hydrogen) atoms. The minimum atomic E-state index is -0.950. The van der Waals surface area contributed by atoms with Gasteiger partial charge in [-0.1, -0.05) is 60.7 Å². The van der Waals surface area contributed by atoms with E-state index in [1.807, 2.05) is 73.7 Å². The van der Waals surface area contributed by atoms with Gasteiger partial charge in [-0.2, -0.15) is 4.98 Å². The van der Waals surface area contributed by atoms with Crippen molar-refractivity contribution in [1.29, 1.82) is 0 Å². The summed E-state index contributed by atoms with van der Waals surface area (Å²) in [4.78, 5) is 28.0. The summed E-state index contributed by atoms with van der Waals surface area (Å²) in [6.45, 7) is 3.62. The molecule has 6 heteroatoms. The van der Waals surface area contributed by atoms with Gasteiger partial charge in [-0.05, 0) is 31.0 Å². The van der Waals surface area contributed by atoms with Crippen molar-refractivity contribution in [3.63, 3.8) is 0 Å². The molecule has 0 amide bonds. The quantitative estimate of drug-likeness (QED) is 0.707. The number of carbonyl (C=O) groups is 1. The van der Waals surface area contributed by atoms with E-state index in [-0.39, 0.29) is 12.1 Å². The lowest BCUT2D eigenvalue weighted by Gasteiger charge is -2.32. The van der Waals surface area contributed by atoms with Crippen LogP contribution in [0.5, 0.6) is 0 Å². The van der Waals surface area contributed by atoms with Crippen molar-refractivity contribution in [2.24, 2.45) is 0 Å². The summed E-state index contributed by atoms with van der Waals surface area (Å²) in [6, 6.07) is 20.7. The highest BCUT2D eigenvalue weighted by Crippen LogP contribution is 2.36. The number of aromatic amines is 1. The van der Waals surface area contributed by atoms with E-state index in [0.717, 1.165) is 22.5 Å². The van der Waals surface area contributed by atoms with E-state index < -0.39 is 11.6 Å². The fourth-order valence-electron chi connectivity index (χ4n) is 3.04. The van der Waals surface area contributed by atoms with Crippen LogP contribution < -0.4 is 5.69 Å². The highest BCUT2D eigenvalue weighted by Gasteiger charge is 2.36. The molecule has 0 unspecified atom stereocenters. The molecule has 3 aromatic rings. The number of aryl methyl sites for hydroxylation is 2. The van der Waals surface area contributed by atoms with Gasteiger partial charge >= 0.3 is 11.7 Å². The summed E-state index contributed by atoms with van der Waals surface area (Å²) in [6.07, 6.45) is -0.114. The normalized spacial score (nSPS) is 10.7. The minimum absolute atomic E-state index is 0.114. The van der Waals surface area contributed by atoms with E-state index >= 15 is 0 Å². The molecule has 0 aliphatic rings. The van der Waals surface area contributed by atoms with Crippen LogP contribution >= 0.6 is 0 Å². The Bertz CT molecular complexity index is 890. The van der Waals surface area contributed by atoms with Crippen LogP contribution in [-0.2, 0) is 15.1 Å². The highest BCUT2D eigenvalue weighted by molar-refractivity contribution is 5.70. The molecule has 0 saturated carbocycles. The maximum atomic E-state index is 11.2. The zero-order valence-corrected chi connectivity index (χ0v) is 16.2. The van der Waals surface area contributed by atoms with E-state index in [0.29, 0.717) is 0 Å². The number of methoxy groups -OCH3 is 1. The van der Waals surface area contributed by atoms with Gasteiger partial charge in [0.2, 0.25) is 0 Å². The predicted octanol–water partition coefficient (Wildman–Crippen LogP) is 3.44. The Hall–Kier alpha value is -3.25. The van der Waals surface area contributed by atoms with Crippen LogP contribution in [0.25, 0.3) is 0 Å². The maximum Gasteiger partial charge on any atom is 0.345 e. The topological polar surface area (TPSA) is 92.3 Å². The number of carboxylic acid groups (broad SMARTS) is 1. The Morgan fingerprint density at radius 1 is 1.04 bits per heavy atom. The Kier molecular flexibility index (Phi) is 7.23. The number of hydrogen-bond donors (Lipinski definition) is 2. The molecule has 0 fully saturated rings. The number of hydrogen-bond acceptors (Lipinski definition) is 4. The molecule has 2 aromatic carbocycles. The van der Waals surface area contributed by atoms with E-state index in [2.05, 4.69) is 9.97 Å². The Labute approximate surface area is 163 Å². The third kappa shape index (κ3) is 5.37. The monoisotopic (exact) mass is 380 g/mol. The van der Waals surface area contributed by atoms with Crippen LogP contribution in [0.4, 0.5) is 0 Å². The molecule has 1 aromatic heterocycles. The van der Waals surface area contributed by atoms with Gasteiger partial charge in [0.1, 0.15) is 5.60 Å². The fourth-order valence-corrected chi connectivity index (χ4v) is 3.04. The predicted molar refractivity (Wildman–Crippen MR) is 107 cm³/mol. The summed E-state index contributed by atoms with van der Waals surface area (Å²) in [5.74, 6) is -0.894. The number of nitrogens with zero attached hydrogens (tertiary/aromatic N) is 1. The van der Waals surface area contributed by atoms with Crippen molar-refractivity contribution >= 4 is 5.97 Å². The second kappa shape index (κ2) is 9.62.